The summed E-state index contributed by atoms with van der Waals surface area (Å²) in [7, 11) is 0. The van der Waals surface area contributed by atoms with Crippen molar-refractivity contribution in [1.82, 2.24) is 15.2 Å². The molecule has 0 saturated carbocycles. The fraction of sp³-hybridized carbons (Fsp3) is 0.125. The topological polar surface area (TPSA) is 53.6 Å². The van der Waals surface area contributed by atoms with Gasteiger partial charge in [0.2, 0.25) is 0 Å². The molecule has 2 aromatic carbocycles. The van der Waals surface area contributed by atoms with Crippen LogP contribution in [0.4, 0.5) is 5.69 Å². The second-order valence-electron chi connectivity index (χ2n) is 4.51. The lowest BCUT2D eigenvalue weighted by atomic mass is 10.1. The van der Waals surface area contributed by atoms with Gasteiger partial charge in [-0.15, -0.1) is 0 Å². The van der Waals surface area contributed by atoms with Crippen LogP contribution in [0, 0.1) is 0 Å². The first-order chi connectivity index (χ1) is 10.4. The molecule has 1 aromatic heterocycles. The summed E-state index contributed by atoms with van der Waals surface area (Å²) in [5, 5.41) is 10.9. The minimum absolute atomic E-state index is 0.858. The highest BCUT2D eigenvalue weighted by Gasteiger charge is 1.98. The fourth-order valence-electron chi connectivity index (χ4n) is 2.02. The fourth-order valence-corrected chi connectivity index (χ4v) is 2.65. The first-order valence-corrected chi connectivity index (χ1v) is 7.78. The van der Waals surface area contributed by atoms with Crippen LogP contribution in [0.15, 0.2) is 66.1 Å². The summed E-state index contributed by atoms with van der Waals surface area (Å²) in [6, 6.07) is 18.9. The van der Waals surface area contributed by atoms with Crippen molar-refractivity contribution >= 4 is 17.4 Å². The van der Waals surface area contributed by atoms with Gasteiger partial charge in [0.05, 0.1) is 0 Å². The summed E-state index contributed by atoms with van der Waals surface area (Å²) in [5.74, 6) is 0.940. The normalized spacial score (nSPS) is 10.5. The summed E-state index contributed by atoms with van der Waals surface area (Å²) in [4.78, 5) is 4.07. The number of H-pyrrole nitrogens is 1. The first kappa shape index (κ1) is 13.7. The number of aromatic nitrogens is 3. The van der Waals surface area contributed by atoms with Crippen molar-refractivity contribution in [2.24, 2.45) is 0 Å². The van der Waals surface area contributed by atoms with Gasteiger partial charge >= 0.3 is 0 Å². The van der Waals surface area contributed by atoms with E-state index < -0.39 is 0 Å². The summed E-state index contributed by atoms with van der Waals surface area (Å²) in [6.45, 7) is 0.885. The molecule has 21 heavy (non-hydrogen) atoms. The van der Waals surface area contributed by atoms with Gasteiger partial charge < -0.3 is 5.32 Å². The molecular weight excluding hydrogens is 280 g/mol. The smallest absolute Gasteiger partial charge is 0.183 e. The number of anilines is 1. The number of hydrogen-bond acceptors (Lipinski definition) is 4. The third-order valence-corrected chi connectivity index (χ3v) is 3.93. The highest BCUT2D eigenvalue weighted by atomic mass is 32.2. The molecule has 0 radical (unpaired) electrons. The van der Waals surface area contributed by atoms with Crippen molar-refractivity contribution in [2.75, 3.05) is 17.6 Å². The van der Waals surface area contributed by atoms with E-state index in [1.54, 1.807) is 11.8 Å². The Morgan fingerprint density at radius 3 is 2.43 bits per heavy atom. The average molecular weight is 296 g/mol. The molecule has 3 aromatic rings. The minimum atomic E-state index is 0.858. The predicted molar refractivity (Wildman–Crippen MR) is 87.5 cm³/mol. The van der Waals surface area contributed by atoms with Gasteiger partial charge in [-0.3, -0.25) is 5.10 Å². The van der Waals surface area contributed by atoms with Gasteiger partial charge in [-0.1, -0.05) is 54.2 Å². The van der Waals surface area contributed by atoms with E-state index in [1.165, 1.54) is 17.5 Å². The zero-order valence-corrected chi connectivity index (χ0v) is 12.3. The van der Waals surface area contributed by atoms with E-state index in [2.05, 4.69) is 69.0 Å². The highest BCUT2D eigenvalue weighted by molar-refractivity contribution is 7.99. The summed E-state index contributed by atoms with van der Waals surface area (Å²) >= 11 is 1.65. The Hall–Kier alpha value is -2.27. The summed E-state index contributed by atoms with van der Waals surface area (Å²) < 4.78 is 0. The molecular formula is C16H16N4S. The molecule has 1 heterocycles. The van der Waals surface area contributed by atoms with E-state index in [0.29, 0.717) is 0 Å². The Bertz CT molecular complexity index is 651. The Balaban J connectivity index is 1.50. The van der Waals surface area contributed by atoms with Crippen LogP contribution >= 0.6 is 11.8 Å². The van der Waals surface area contributed by atoms with Gasteiger partial charge in [-0.25, -0.2) is 4.98 Å². The molecule has 0 spiro atoms. The van der Waals surface area contributed by atoms with Crippen LogP contribution in [0.3, 0.4) is 0 Å². The first-order valence-electron chi connectivity index (χ1n) is 6.79. The molecule has 0 bridgehead atoms. The average Bonchev–Trinajstić information content (AvgIpc) is 3.06. The molecule has 2 N–H and O–H groups in total. The molecule has 0 fully saturated rings. The molecule has 3 rings (SSSR count). The summed E-state index contributed by atoms with van der Waals surface area (Å²) in [5.41, 5.74) is 3.61. The number of aromatic amines is 1. The Morgan fingerprint density at radius 1 is 0.952 bits per heavy atom. The van der Waals surface area contributed by atoms with Gasteiger partial charge in [0, 0.05) is 18.0 Å². The van der Waals surface area contributed by atoms with Crippen molar-refractivity contribution in [3.05, 3.63) is 60.9 Å². The lowest BCUT2D eigenvalue weighted by Gasteiger charge is -2.07. The number of nitrogens with one attached hydrogen (secondary N) is 2. The third-order valence-electron chi connectivity index (χ3n) is 3.05. The van der Waals surface area contributed by atoms with E-state index in [9.17, 15) is 0 Å². The number of hydrogen-bond donors (Lipinski definition) is 2. The summed E-state index contributed by atoms with van der Waals surface area (Å²) in [6.07, 6.45) is 1.53. The molecule has 4 nitrogen and oxygen atoms in total. The van der Waals surface area contributed by atoms with E-state index in [0.717, 1.165) is 23.1 Å². The maximum absolute atomic E-state index is 4.07. The highest BCUT2D eigenvalue weighted by Crippen LogP contribution is 2.21. The van der Waals surface area contributed by atoms with Crippen LogP contribution in [-0.2, 0) is 0 Å². The Labute approximate surface area is 128 Å². The van der Waals surface area contributed by atoms with Gasteiger partial charge in [0.15, 0.2) is 5.16 Å². The molecule has 5 heteroatoms. The van der Waals surface area contributed by atoms with Crippen LogP contribution in [0.5, 0.6) is 0 Å². The molecule has 0 aliphatic rings. The monoisotopic (exact) mass is 296 g/mol. The molecule has 106 valence electrons. The molecule has 0 amide bonds. The number of nitrogens with zero attached hydrogens (tertiary/aromatic N) is 2. The second-order valence-corrected chi connectivity index (χ2v) is 5.59. The van der Waals surface area contributed by atoms with Gasteiger partial charge in [0.1, 0.15) is 6.33 Å². The second kappa shape index (κ2) is 6.95. The van der Waals surface area contributed by atoms with E-state index in [4.69, 9.17) is 0 Å². The van der Waals surface area contributed by atoms with Crippen molar-refractivity contribution in [1.29, 1.82) is 0 Å². The van der Waals surface area contributed by atoms with Gasteiger partial charge in [-0.2, -0.15) is 5.10 Å². The maximum Gasteiger partial charge on any atom is 0.183 e. The largest absolute Gasteiger partial charge is 0.384 e. The molecule has 0 aliphatic heterocycles. The van der Waals surface area contributed by atoms with Crippen LogP contribution in [0.2, 0.25) is 0 Å². The Kier molecular flexibility index (Phi) is 4.53. The van der Waals surface area contributed by atoms with Gasteiger partial charge in [0.25, 0.3) is 0 Å². The number of rotatable bonds is 6. The van der Waals surface area contributed by atoms with E-state index in [-0.39, 0.29) is 0 Å². The third kappa shape index (κ3) is 3.86. The predicted octanol–water partition coefficient (Wildman–Crippen LogP) is 3.68. The van der Waals surface area contributed by atoms with E-state index >= 15 is 0 Å². The minimum Gasteiger partial charge on any atom is -0.384 e. The Morgan fingerprint density at radius 2 is 1.71 bits per heavy atom. The number of benzene rings is 2. The zero-order valence-electron chi connectivity index (χ0n) is 11.5. The lowest BCUT2D eigenvalue weighted by molar-refractivity contribution is 0.972. The van der Waals surface area contributed by atoms with Crippen molar-refractivity contribution in [3.63, 3.8) is 0 Å². The lowest BCUT2D eigenvalue weighted by Crippen LogP contribution is -2.03. The van der Waals surface area contributed by atoms with Crippen LogP contribution in [0.1, 0.15) is 0 Å². The van der Waals surface area contributed by atoms with Crippen LogP contribution in [0.25, 0.3) is 11.1 Å². The van der Waals surface area contributed by atoms with Crippen LogP contribution in [-0.4, -0.2) is 27.5 Å². The molecule has 0 aliphatic carbocycles. The van der Waals surface area contributed by atoms with Crippen molar-refractivity contribution in [3.8, 4) is 11.1 Å². The van der Waals surface area contributed by atoms with Crippen molar-refractivity contribution in [2.45, 2.75) is 5.16 Å². The standard InChI is InChI=1S/C16H16N4S/c1-2-4-13(5-3-1)14-6-8-15(9-7-14)17-10-11-21-16-18-12-19-20-16/h1-9,12,17H,10-11H2,(H,18,19,20). The quantitative estimate of drug-likeness (QED) is 0.538. The SMILES string of the molecule is c1ccc(-c2ccc(NCCSc3ncn[nH]3)cc2)cc1. The van der Waals surface area contributed by atoms with E-state index in [1.807, 2.05) is 6.07 Å². The van der Waals surface area contributed by atoms with Crippen molar-refractivity contribution < 1.29 is 0 Å². The molecule has 0 unspecified atom stereocenters. The zero-order chi connectivity index (χ0) is 14.3. The molecule has 0 atom stereocenters. The number of thioether (sulfide) groups is 1. The maximum atomic E-state index is 4.07. The molecule has 0 saturated heterocycles. The van der Waals surface area contributed by atoms with Gasteiger partial charge in [-0.05, 0) is 23.3 Å². The van der Waals surface area contributed by atoms with Crippen LogP contribution < -0.4 is 5.32 Å².